The molecular weight excluding hydrogens is 510 g/mol. The molecule has 3 aromatic rings. The third-order valence-corrected chi connectivity index (χ3v) is 7.89. The van der Waals surface area contributed by atoms with Crippen LogP contribution in [-0.2, 0) is 32.6 Å². The molecule has 0 aliphatic heterocycles. The molecule has 0 saturated carbocycles. The van der Waals surface area contributed by atoms with Crippen LogP contribution >= 0.6 is 0 Å². The quantitative estimate of drug-likeness (QED) is 0.315. The fraction of sp³-hybridized carbons (Fsp3) is 0.355. The van der Waals surface area contributed by atoms with E-state index < -0.39 is 28.5 Å². The van der Waals surface area contributed by atoms with Gasteiger partial charge in [0.1, 0.15) is 12.6 Å². The van der Waals surface area contributed by atoms with Gasteiger partial charge in [-0.15, -0.1) is 0 Å². The normalized spacial score (nSPS) is 12.0. The number of nitrogens with zero attached hydrogens (tertiary/aromatic N) is 2. The van der Waals surface area contributed by atoms with Crippen molar-refractivity contribution in [3.8, 4) is 0 Å². The molecular formula is C31H39N3O4S. The van der Waals surface area contributed by atoms with Crippen molar-refractivity contribution in [3.63, 3.8) is 0 Å². The number of hydrogen-bond donors (Lipinski definition) is 1. The molecule has 7 nitrogen and oxygen atoms in total. The number of amides is 2. The molecule has 0 radical (unpaired) electrons. The molecule has 208 valence electrons. The Morgan fingerprint density at radius 3 is 2.05 bits per heavy atom. The standard InChI is InChI=1S/C31H39N3O4S/c1-5-6-19-32-31(36)29(21-26-13-9-7-10-14-26)33(22-27-15-11-8-12-16-27)30(35)23-34(39(4,37)38)28-18-17-24(2)25(3)20-28/h7-18,20,29H,5-6,19,21-23H2,1-4H3,(H,32,36)/t29-/m0/s1. The summed E-state index contributed by atoms with van der Waals surface area (Å²) >= 11 is 0. The van der Waals surface area contributed by atoms with Crippen LogP contribution in [0, 0.1) is 13.8 Å². The molecule has 0 unspecified atom stereocenters. The molecule has 0 heterocycles. The predicted octanol–water partition coefficient (Wildman–Crippen LogP) is 4.63. The van der Waals surface area contributed by atoms with Gasteiger partial charge in [0.05, 0.1) is 11.9 Å². The first-order valence-corrected chi connectivity index (χ1v) is 15.1. The lowest BCUT2D eigenvalue weighted by atomic mass is 10.0. The fourth-order valence-corrected chi connectivity index (χ4v) is 5.18. The van der Waals surface area contributed by atoms with E-state index >= 15 is 0 Å². The van der Waals surface area contributed by atoms with E-state index in [4.69, 9.17) is 0 Å². The molecule has 8 heteroatoms. The largest absolute Gasteiger partial charge is 0.354 e. The van der Waals surface area contributed by atoms with Crippen LogP contribution in [0.15, 0.2) is 78.9 Å². The van der Waals surface area contributed by atoms with Gasteiger partial charge in [-0.2, -0.15) is 0 Å². The minimum Gasteiger partial charge on any atom is -0.354 e. The second-order valence-electron chi connectivity index (χ2n) is 9.90. The van der Waals surface area contributed by atoms with Crippen LogP contribution in [0.1, 0.15) is 42.0 Å². The number of hydrogen-bond acceptors (Lipinski definition) is 4. The second kappa shape index (κ2) is 13.9. The molecule has 1 atom stereocenters. The number of sulfonamides is 1. The van der Waals surface area contributed by atoms with Gasteiger partial charge in [-0.3, -0.25) is 13.9 Å². The summed E-state index contributed by atoms with van der Waals surface area (Å²) < 4.78 is 26.9. The van der Waals surface area contributed by atoms with Crippen molar-refractivity contribution < 1.29 is 18.0 Å². The lowest BCUT2D eigenvalue weighted by Crippen LogP contribution is -2.53. The summed E-state index contributed by atoms with van der Waals surface area (Å²) in [4.78, 5) is 29.1. The van der Waals surface area contributed by atoms with E-state index in [0.29, 0.717) is 18.7 Å². The van der Waals surface area contributed by atoms with Crippen molar-refractivity contribution in [2.75, 3.05) is 23.7 Å². The summed E-state index contributed by atoms with van der Waals surface area (Å²) in [5.74, 6) is -0.706. The summed E-state index contributed by atoms with van der Waals surface area (Å²) in [6.07, 6.45) is 3.15. The molecule has 1 N–H and O–H groups in total. The molecule has 3 rings (SSSR count). The van der Waals surface area contributed by atoms with Gasteiger partial charge < -0.3 is 10.2 Å². The highest BCUT2D eigenvalue weighted by Crippen LogP contribution is 2.23. The van der Waals surface area contributed by atoms with Crippen LogP contribution < -0.4 is 9.62 Å². The average molecular weight is 550 g/mol. The highest BCUT2D eigenvalue weighted by Gasteiger charge is 2.33. The van der Waals surface area contributed by atoms with Gasteiger partial charge in [-0.25, -0.2) is 8.42 Å². The van der Waals surface area contributed by atoms with Gasteiger partial charge in [0.15, 0.2) is 0 Å². The molecule has 0 bridgehead atoms. The van der Waals surface area contributed by atoms with Crippen LogP contribution in [0.2, 0.25) is 0 Å². The number of carbonyl (C=O) groups is 2. The van der Waals surface area contributed by atoms with Crippen LogP contribution in [-0.4, -0.2) is 50.5 Å². The zero-order chi connectivity index (χ0) is 28.4. The highest BCUT2D eigenvalue weighted by atomic mass is 32.2. The van der Waals surface area contributed by atoms with Gasteiger partial charge in [0.2, 0.25) is 21.8 Å². The summed E-state index contributed by atoms with van der Waals surface area (Å²) in [7, 11) is -3.79. The number of benzene rings is 3. The van der Waals surface area contributed by atoms with Crippen molar-refractivity contribution in [2.24, 2.45) is 0 Å². The Bertz CT molecular complexity index is 1340. The Balaban J connectivity index is 2.02. The molecule has 0 aliphatic rings. The summed E-state index contributed by atoms with van der Waals surface area (Å²) in [5.41, 5.74) is 4.12. The van der Waals surface area contributed by atoms with E-state index in [1.807, 2.05) is 87.5 Å². The number of carbonyl (C=O) groups excluding carboxylic acids is 2. The third-order valence-electron chi connectivity index (χ3n) is 6.75. The first-order valence-electron chi connectivity index (χ1n) is 13.3. The number of rotatable bonds is 13. The van der Waals surface area contributed by atoms with E-state index in [-0.39, 0.29) is 12.5 Å². The summed E-state index contributed by atoms with van der Waals surface area (Å²) in [5, 5.41) is 2.99. The first kappa shape index (κ1) is 29.9. The highest BCUT2D eigenvalue weighted by molar-refractivity contribution is 7.92. The molecule has 3 aromatic carbocycles. The minimum atomic E-state index is -3.79. The van der Waals surface area contributed by atoms with Crippen LogP contribution in [0.3, 0.4) is 0 Å². The Morgan fingerprint density at radius 2 is 1.49 bits per heavy atom. The van der Waals surface area contributed by atoms with E-state index in [0.717, 1.165) is 45.7 Å². The van der Waals surface area contributed by atoms with Gasteiger partial charge >= 0.3 is 0 Å². The molecule has 0 aromatic heterocycles. The molecule has 0 aliphatic carbocycles. The summed E-state index contributed by atoms with van der Waals surface area (Å²) in [6, 6.07) is 23.5. The third kappa shape index (κ3) is 8.68. The average Bonchev–Trinajstić information content (AvgIpc) is 2.91. The topological polar surface area (TPSA) is 86.8 Å². The molecule has 0 spiro atoms. The maximum atomic E-state index is 14.0. The zero-order valence-corrected chi connectivity index (χ0v) is 24.1. The van der Waals surface area contributed by atoms with Crippen molar-refractivity contribution in [1.82, 2.24) is 10.2 Å². The smallest absolute Gasteiger partial charge is 0.244 e. The predicted molar refractivity (Wildman–Crippen MR) is 157 cm³/mol. The van der Waals surface area contributed by atoms with E-state index in [1.54, 1.807) is 12.1 Å². The SMILES string of the molecule is CCCCNC(=O)[C@H](Cc1ccccc1)N(Cc1ccccc1)C(=O)CN(c1ccc(C)c(C)c1)S(C)(=O)=O. The van der Waals surface area contributed by atoms with Gasteiger partial charge in [0.25, 0.3) is 0 Å². The lowest BCUT2D eigenvalue weighted by Gasteiger charge is -2.33. The van der Waals surface area contributed by atoms with Crippen molar-refractivity contribution in [3.05, 3.63) is 101 Å². The molecule has 2 amide bonds. The number of unbranched alkanes of at least 4 members (excludes halogenated alkanes) is 1. The first-order chi connectivity index (χ1) is 18.6. The minimum absolute atomic E-state index is 0.170. The van der Waals surface area contributed by atoms with Crippen molar-refractivity contribution in [2.45, 2.75) is 52.6 Å². The summed E-state index contributed by atoms with van der Waals surface area (Å²) in [6.45, 7) is 6.16. The number of anilines is 1. The van der Waals surface area contributed by atoms with Gasteiger partial charge in [0, 0.05) is 19.5 Å². The molecule has 0 fully saturated rings. The van der Waals surface area contributed by atoms with Crippen LogP contribution in [0.25, 0.3) is 0 Å². The number of nitrogens with one attached hydrogen (secondary N) is 1. The maximum absolute atomic E-state index is 14.0. The Labute approximate surface area is 232 Å². The Kier molecular flexibility index (Phi) is 10.7. The van der Waals surface area contributed by atoms with E-state index in [2.05, 4.69) is 5.32 Å². The zero-order valence-electron chi connectivity index (χ0n) is 23.3. The van der Waals surface area contributed by atoms with Gasteiger partial charge in [-0.1, -0.05) is 80.1 Å². The maximum Gasteiger partial charge on any atom is 0.244 e. The van der Waals surface area contributed by atoms with Crippen molar-refractivity contribution in [1.29, 1.82) is 0 Å². The second-order valence-corrected chi connectivity index (χ2v) is 11.8. The fourth-order valence-electron chi connectivity index (χ4n) is 4.33. The Hall–Kier alpha value is -3.65. The van der Waals surface area contributed by atoms with Crippen molar-refractivity contribution >= 4 is 27.5 Å². The van der Waals surface area contributed by atoms with E-state index in [1.165, 1.54) is 4.90 Å². The van der Waals surface area contributed by atoms with Crippen LogP contribution in [0.5, 0.6) is 0 Å². The molecule has 0 saturated heterocycles. The molecule has 39 heavy (non-hydrogen) atoms. The Morgan fingerprint density at radius 1 is 0.872 bits per heavy atom. The van der Waals surface area contributed by atoms with Gasteiger partial charge in [-0.05, 0) is 54.7 Å². The van der Waals surface area contributed by atoms with Crippen LogP contribution in [0.4, 0.5) is 5.69 Å². The lowest BCUT2D eigenvalue weighted by molar-refractivity contribution is -0.140. The number of aryl methyl sites for hydroxylation is 2. The van der Waals surface area contributed by atoms with E-state index in [9.17, 15) is 18.0 Å². The monoisotopic (exact) mass is 549 g/mol.